The minimum absolute atomic E-state index is 0.0934. The van der Waals surface area contributed by atoms with Gasteiger partial charge in [0.1, 0.15) is 17.4 Å². The lowest BCUT2D eigenvalue weighted by Gasteiger charge is -2.17. The number of aryl methyl sites for hydroxylation is 2. The number of hydrogen-bond acceptors (Lipinski definition) is 4. The molecule has 5 nitrogen and oxygen atoms in total. The van der Waals surface area contributed by atoms with E-state index in [4.69, 9.17) is 4.74 Å². The summed E-state index contributed by atoms with van der Waals surface area (Å²) in [5.41, 5.74) is 1.88. The topological polar surface area (TPSA) is 55.3 Å². The number of aromatic nitrogens is 2. The summed E-state index contributed by atoms with van der Waals surface area (Å²) in [6.45, 7) is 5.05. The van der Waals surface area contributed by atoms with E-state index in [9.17, 15) is 9.18 Å². The van der Waals surface area contributed by atoms with Gasteiger partial charge >= 0.3 is 0 Å². The maximum Gasteiger partial charge on any atom is 0.260 e. The first-order valence-electron chi connectivity index (χ1n) is 7.99. The Morgan fingerprint density at radius 2 is 2.04 bits per heavy atom. The average Bonchev–Trinajstić information content (AvgIpc) is 3.02. The Hall–Kier alpha value is -2.50. The van der Waals surface area contributed by atoms with Gasteiger partial charge in [0.25, 0.3) is 5.91 Å². The van der Waals surface area contributed by atoms with Crippen LogP contribution in [0.25, 0.3) is 0 Å². The molecule has 0 saturated carbocycles. The van der Waals surface area contributed by atoms with Crippen LogP contribution in [-0.2, 0) is 4.79 Å². The summed E-state index contributed by atoms with van der Waals surface area (Å²) in [6, 6.07) is 7.73. The predicted octanol–water partition coefficient (Wildman–Crippen LogP) is 2.63. The van der Waals surface area contributed by atoms with Crippen molar-refractivity contribution in [3.8, 4) is 5.75 Å². The van der Waals surface area contributed by atoms with E-state index < -0.39 is 0 Å². The Morgan fingerprint density at radius 3 is 2.75 bits per heavy atom. The number of benzene rings is 1. The number of likely N-dealkylation sites (tertiary alicyclic amines) is 1. The lowest BCUT2D eigenvalue weighted by Crippen LogP contribution is -2.33. The fourth-order valence-corrected chi connectivity index (χ4v) is 2.93. The molecule has 2 heterocycles. The molecule has 0 radical (unpaired) electrons. The minimum atomic E-state index is -0.381. The number of hydrogen-bond donors (Lipinski definition) is 0. The van der Waals surface area contributed by atoms with Gasteiger partial charge < -0.3 is 9.64 Å². The first-order chi connectivity index (χ1) is 11.5. The number of nitrogens with zero attached hydrogens (tertiary/aromatic N) is 3. The van der Waals surface area contributed by atoms with Crippen LogP contribution in [0.15, 0.2) is 30.3 Å². The molecule has 126 valence electrons. The van der Waals surface area contributed by atoms with E-state index in [1.165, 1.54) is 12.1 Å². The molecular weight excluding hydrogens is 309 g/mol. The number of halogens is 1. The molecule has 0 bridgehead atoms. The van der Waals surface area contributed by atoms with Gasteiger partial charge in [-0.05, 0) is 38.5 Å². The van der Waals surface area contributed by atoms with Gasteiger partial charge in [-0.15, -0.1) is 0 Å². The SMILES string of the molecule is Cc1cc(C)nc(C2CCN(C(=O)COc3cccc(F)c3)C2)n1. The predicted molar refractivity (Wildman–Crippen MR) is 87.3 cm³/mol. The summed E-state index contributed by atoms with van der Waals surface area (Å²) in [4.78, 5) is 23.0. The third-order valence-electron chi connectivity index (χ3n) is 4.06. The summed E-state index contributed by atoms with van der Waals surface area (Å²) in [6.07, 6.45) is 0.842. The van der Waals surface area contributed by atoms with Crippen molar-refractivity contribution in [3.63, 3.8) is 0 Å². The molecule has 1 aliphatic heterocycles. The highest BCUT2D eigenvalue weighted by molar-refractivity contribution is 5.78. The smallest absolute Gasteiger partial charge is 0.260 e. The van der Waals surface area contributed by atoms with E-state index in [2.05, 4.69) is 9.97 Å². The highest BCUT2D eigenvalue weighted by atomic mass is 19.1. The van der Waals surface area contributed by atoms with Crippen molar-refractivity contribution in [1.82, 2.24) is 14.9 Å². The van der Waals surface area contributed by atoms with E-state index in [0.29, 0.717) is 18.8 Å². The van der Waals surface area contributed by atoms with Gasteiger partial charge in [0.05, 0.1) is 0 Å². The van der Waals surface area contributed by atoms with Crippen LogP contribution in [-0.4, -0.2) is 40.5 Å². The van der Waals surface area contributed by atoms with Crippen LogP contribution in [0.5, 0.6) is 5.75 Å². The normalized spacial score (nSPS) is 17.1. The maximum absolute atomic E-state index is 13.1. The molecule has 1 saturated heterocycles. The molecule has 1 aromatic carbocycles. The zero-order valence-electron chi connectivity index (χ0n) is 13.8. The molecule has 1 fully saturated rings. The third kappa shape index (κ3) is 3.88. The van der Waals surface area contributed by atoms with Crippen LogP contribution < -0.4 is 4.74 Å². The van der Waals surface area contributed by atoms with Gasteiger partial charge in [-0.2, -0.15) is 0 Å². The van der Waals surface area contributed by atoms with Gasteiger partial charge in [0.2, 0.25) is 0 Å². The van der Waals surface area contributed by atoms with E-state index in [-0.39, 0.29) is 24.2 Å². The van der Waals surface area contributed by atoms with E-state index >= 15 is 0 Å². The van der Waals surface area contributed by atoms with Crippen LogP contribution in [0.3, 0.4) is 0 Å². The number of rotatable bonds is 4. The quantitative estimate of drug-likeness (QED) is 0.865. The lowest BCUT2D eigenvalue weighted by molar-refractivity contribution is -0.132. The van der Waals surface area contributed by atoms with Crippen molar-refractivity contribution in [2.45, 2.75) is 26.2 Å². The standard InChI is InChI=1S/C18H20FN3O2/c1-12-8-13(2)21-18(20-12)14-6-7-22(10-14)17(23)11-24-16-5-3-4-15(19)9-16/h3-5,8-9,14H,6-7,10-11H2,1-2H3. The van der Waals surface area contributed by atoms with Crippen LogP contribution in [0.4, 0.5) is 4.39 Å². The Kier molecular flexibility index (Phi) is 4.74. The second-order valence-electron chi connectivity index (χ2n) is 6.08. The Balaban J connectivity index is 1.57. The number of carbonyl (C=O) groups is 1. The molecule has 24 heavy (non-hydrogen) atoms. The molecule has 0 N–H and O–H groups in total. The van der Waals surface area contributed by atoms with E-state index in [0.717, 1.165) is 23.6 Å². The second-order valence-corrected chi connectivity index (χ2v) is 6.08. The summed E-state index contributed by atoms with van der Waals surface area (Å²) in [5, 5.41) is 0. The van der Waals surface area contributed by atoms with Crippen molar-refractivity contribution >= 4 is 5.91 Å². The second kappa shape index (κ2) is 6.95. The summed E-state index contributed by atoms with van der Waals surface area (Å²) >= 11 is 0. The fraction of sp³-hybridized carbons (Fsp3) is 0.389. The minimum Gasteiger partial charge on any atom is -0.484 e. The number of amides is 1. The van der Waals surface area contributed by atoms with Crippen LogP contribution in [0, 0.1) is 19.7 Å². The molecule has 0 aliphatic carbocycles. The summed E-state index contributed by atoms with van der Waals surface area (Å²) in [5.74, 6) is 0.826. The Morgan fingerprint density at radius 1 is 1.29 bits per heavy atom. The highest BCUT2D eigenvalue weighted by Crippen LogP contribution is 2.25. The molecule has 3 rings (SSSR count). The summed E-state index contributed by atoms with van der Waals surface area (Å²) < 4.78 is 18.5. The van der Waals surface area contributed by atoms with Crippen molar-refractivity contribution < 1.29 is 13.9 Å². The van der Waals surface area contributed by atoms with Gasteiger partial charge in [-0.1, -0.05) is 6.07 Å². The molecule has 6 heteroatoms. The first-order valence-corrected chi connectivity index (χ1v) is 7.99. The first kappa shape index (κ1) is 16.4. The van der Waals surface area contributed by atoms with Crippen LogP contribution >= 0.6 is 0 Å². The molecule has 1 aliphatic rings. The Labute approximate surface area is 140 Å². The molecule has 0 spiro atoms. The monoisotopic (exact) mass is 329 g/mol. The average molecular weight is 329 g/mol. The van der Waals surface area contributed by atoms with Gasteiger partial charge in [-0.3, -0.25) is 4.79 Å². The van der Waals surface area contributed by atoms with Gasteiger partial charge in [0, 0.05) is 36.5 Å². The van der Waals surface area contributed by atoms with Gasteiger partial charge in [0.15, 0.2) is 6.61 Å². The van der Waals surface area contributed by atoms with Gasteiger partial charge in [-0.25, -0.2) is 14.4 Å². The largest absolute Gasteiger partial charge is 0.484 e. The molecule has 1 unspecified atom stereocenters. The lowest BCUT2D eigenvalue weighted by atomic mass is 10.1. The van der Waals surface area contributed by atoms with E-state index in [1.807, 2.05) is 19.9 Å². The Bertz CT molecular complexity index is 731. The molecule has 2 aromatic rings. The molecule has 1 amide bonds. The number of carbonyl (C=O) groups excluding carboxylic acids is 1. The van der Waals surface area contributed by atoms with Crippen LogP contribution in [0.2, 0.25) is 0 Å². The number of ether oxygens (including phenoxy) is 1. The summed E-state index contributed by atoms with van der Waals surface area (Å²) in [7, 11) is 0. The highest BCUT2D eigenvalue weighted by Gasteiger charge is 2.29. The van der Waals surface area contributed by atoms with Crippen molar-refractivity contribution in [2.75, 3.05) is 19.7 Å². The molecule has 1 atom stereocenters. The van der Waals surface area contributed by atoms with E-state index in [1.54, 1.807) is 17.0 Å². The molecular formula is C18H20FN3O2. The molecule has 1 aromatic heterocycles. The maximum atomic E-state index is 13.1. The van der Waals surface area contributed by atoms with Crippen molar-refractivity contribution in [1.29, 1.82) is 0 Å². The third-order valence-corrected chi connectivity index (χ3v) is 4.06. The fourth-order valence-electron chi connectivity index (χ4n) is 2.93. The zero-order valence-corrected chi connectivity index (χ0v) is 13.8. The van der Waals surface area contributed by atoms with Crippen molar-refractivity contribution in [2.24, 2.45) is 0 Å². The zero-order chi connectivity index (χ0) is 17.1. The van der Waals surface area contributed by atoms with Crippen molar-refractivity contribution in [3.05, 3.63) is 53.4 Å². The van der Waals surface area contributed by atoms with Crippen LogP contribution in [0.1, 0.15) is 29.6 Å².